The molecule has 13 nitrogen and oxygen atoms in total. The molecule has 0 bridgehead atoms. The number of hydrogen-bond donors (Lipinski definition) is 8. The largest absolute Gasteiger partial charge is 0.480 e. The van der Waals surface area contributed by atoms with Crippen LogP contribution in [0.5, 0.6) is 0 Å². The quantitative estimate of drug-likeness (QED) is 0.125. The number of aromatic nitrogens is 1. The van der Waals surface area contributed by atoms with Crippen molar-refractivity contribution in [1.29, 1.82) is 0 Å². The fraction of sp³-hybridized carbons (Fsp3) is 0.480. The molecule has 2 rings (SSSR count). The van der Waals surface area contributed by atoms with E-state index < -0.39 is 53.8 Å². The first-order valence-corrected chi connectivity index (χ1v) is 12.5. The zero-order valence-electron chi connectivity index (χ0n) is 21.4. The van der Waals surface area contributed by atoms with Crippen LogP contribution in [-0.4, -0.2) is 70.4 Å². The van der Waals surface area contributed by atoms with Crippen molar-refractivity contribution in [3.8, 4) is 0 Å². The minimum Gasteiger partial charge on any atom is -0.480 e. The Kier molecular flexibility index (Phi) is 11.7. The highest BCUT2D eigenvalue weighted by molar-refractivity contribution is 5.95. The van der Waals surface area contributed by atoms with E-state index in [1.54, 1.807) is 6.20 Å². The van der Waals surface area contributed by atoms with Gasteiger partial charge in [0.15, 0.2) is 0 Å². The Balaban J connectivity index is 2.30. The van der Waals surface area contributed by atoms with Gasteiger partial charge in [-0.25, -0.2) is 4.79 Å². The number of aliphatic carboxylic acids is 1. The van der Waals surface area contributed by atoms with Gasteiger partial charge in [0.1, 0.15) is 18.1 Å². The molecular formula is C25H37N7O6. The van der Waals surface area contributed by atoms with Crippen molar-refractivity contribution < 1.29 is 29.1 Å². The maximum atomic E-state index is 13.3. The molecule has 2 aromatic rings. The third-order valence-electron chi connectivity index (χ3n) is 6.02. The highest BCUT2D eigenvalue weighted by Gasteiger charge is 2.30. The summed E-state index contributed by atoms with van der Waals surface area (Å²) in [7, 11) is 0. The average Bonchev–Trinajstić information content (AvgIpc) is 3.27. The van der Waals surface area contributed by atoms with E-state index in [0.29, 0.717) is 24.9 Å². The van der Waals surface area contributed by atoms with Gasteiger partial charge >= 0.3 is 5.97 Å². The lowest BCUT2D eigenvalue weighted by Gasteiger charge is -2.25. The highest BCUT2D eigenvalue weighted by atomic mass is 16.4. The minimum absolute atomic E-state index is 0.0283. The summed E-state index contributed by atoms with van der Waals surface area (Å²) in [6.07, 6.45) is 2.70. The molecule has 11 N–H and O–H groups in total. The van der Waals surface area contributed by atoms with Gasteiger partial charge in [-0.15, -0.1) is 0 Å². The summed E-state index contributed by atoms with van der Waals surface area (Å²) in [6, 6.07) is 2.95. The Morgan fingerprint density at radius 1 is 0.921 bits per heavy atom. The zero-order chi connectivity index (χ0) is 28.2. The number of carboxylic acid groups (broad SMARTS) is 1. The maximum absolute atomic E-state index is 13.3. The Bertz CT molecular complexity index is 1130. The van der Waals surface area contributed by atoms with E-state index in [-0.39, 0.29) is 25.7 Å². The first kappa shape index (κ1) is 30.3. The van der Waals surface area contributed by atoms with Gasteiger partial charge in [0.25, 0.3) is 0 Å². The van der Waals surface area contributed by atoms with Gasteiger partial charge in [-0.3, -0.25) is 19.2 Å². The van der Waals surface area contributed by atoms with Crippen molar-refractivity contribution in [2.24, 2.45) is 17.2 Å². The number of carbonyl (C=O) groups excluding carboxylic acids is 4. The number of aromatic amines is 1. The van der Waals surface area contributed by atoms with Gasteiger partial charge in [-0.2, -0.15) is 0 Å². The summed E-state index contributed by atoms with van der Waals surface area (Å²) in [5, 5.41) is 18.0. The smallest absolute Gasteiger partial charge is 0.326 e. The zero-order valence-corrected chi connectivity index (χ0v) is 21.4. The number of rotatable bonds is 16. The molecule has 0 aliphatic rings. The van der Waals surface area contributed by atoms with Crippen molar-refractivity contribution in [3.63, 3.8) is 0 Å². The summed E-state index contributed by atoms with van der Waals surface area (Å²) >= 11 is 0. The van der Waals surface area contributed by atoms with Crippen LogP contribution < -0.4 is 33.2 Å². The van der Waals surface area contributed by atoms with Crippen LogP contribution in [-0.2, 0) is 30.4 Å². The summed E-state index contributed by atoms with van der Waals surface area (Å²) in [4.78, 5) is 64.7. The first-order chi connectivity index (χ1) is 18.0. The normalized spacial score (nSPS) is 14.2. The highest BCUT2D eigenvalue weighted by Crippen LogP contribution is 2.19. The number of nitrogens with one attached hydrogen (secondary N) is 4. The molecular weight excluding hydrogens is 494 g/mol. The average molecular weight is 532 g/mol. The molecule has 1 heterocycles. The van der Waals surface area contributed by atoms with Gasteiger partial charge in [-0.1, -0.05) is 18.2 Å². The van der Waals surface area contributed by atoms with Crippen molar-refractivity contribution in [3.05, 3.63) is 36.0 Å². The summed E-state index contributed by atoms with van der Waals surface area (Å²) in [6.45, 7) is 1.89. The first-order valence-electron chi connectivity index (χ1n) is 12.5. The molecule has 38 heavy (non-hydrogen) atoms. The van der Waals surface area contributed by atoms with E-state index in [1.807, 2.05) is 24.3 Å². The minimum atomic E-state index is -1.39. The Hall–Kier alpha value is -3.97. The number of unbranched alkanes of at least 4 members (excludes halogenated alkanes) is 1. The molecule has 0 aliphatic carbocycles. The van der Waals surface area contributed by atoms with Crippen LogP contribution in [0.4, 0.5) is 0 Å². The number of carbonyl (C=O) groups is 5. The SMILES string of the molecule is CC(N)C(=O)NC(CCCCN)C(=O)NC(Cc1c[nH]c2ccccc12)C(=O)NC(CCC(N)=O)C(=O)O. The second-order valence-corrected chi connectivity index (χ2v) is 9.16. The topological polar surface area (TPSA) is 236 Å². The van der Waals surface area contributed by atoms with E-state index in [2.05, 4.69) is 20.9 Å². The monoisotopic (exact) mass is 531 g/mol. The van der Waals surface area contributed by atoms with E-state index in [0.717, 1.165) is 10.9 Å². The number of nitrogens with two attached hydrogens (primary N) is 3. The molecule has 208 valence electrons. The van der Waals surface area contributed by atoms with Crippen LogP contribution in [0.1, 0.15) is 44.6 Å². The second-order valence-electron chi connectivity index (χ2n) is 9.16. The standard InChI is InChI=1S/C25H37N7O6/c1-14(27)22(34)30-18(8-4-5-11-26)23(35)32-20(12-15-13-29-17-7-3-2-6-16(15)17)24(36)31-19(25(37)38)9-10-21(28)33/h2-3,6-7,13-14,18-20,29H,4-5,8-12,26-27H2,1H3,(H2,28,33)(H,30,34)(H,31,36)(H,32,35)(H,37,38). The molecule has 0 aliphatic heterocycles. The van der Waals surface area contributed by atoms with Gasteiger partial charge in [0, 0.05) is 29.9 Å². The van der Waals surface area contributed by atoms with Crippen LogP contribution in [0.25, 0.3) is 10.9 Å². The molecule has 0 saturated heterocycles. The molecule has 1 aromatic heterocycles. The molecule has 4 amide bonds. The number of carboxylic acids is 1. The van der Waals surface area contributed by atoms with Gasteiger partial charge < -0.3 is 43.2 Å². The Morgan fingerprint density at radius 3 is 2.18 bits per heavy atom. The number of H-pyrrole nitrogens is 1. The van der Waals surface area contributed by atoms with E-state index >= 15 is 0 Å². The van der Waals surface area contributed by atoms with Gasteiger partial charge in [0.05, 0.1) is 6.04 Å². The molecule has 13 heteroatoms. The lowest BCUT2D eigenvalue weighted by atomic mass is 10.0. The number of primary amides is 1. The van der Waals surface area contributed by atoms with Gasteiger partial charge in [-0.05, 0) is 50.8 Å². The van der Waals surface area contributed by atoms with Crippen LogP contribution >= 0.6 is 0 Å². The number of benzene rings is 1. The van der Waals surface area contributed by atoms with Gasteiger partial charge in [0.2, 0.25) is 23.6 Å². The molecule has 1 aromatic carbocycles. The Labute approximate surface area is 220 Å². The molecule has 0 spiro atoms. The summed E-state index contributed by atoms with van der Waals surface area (Å²) < 4.78 is 0. The van der Waals surface area contributed by atoms with Crippen LogP contribution in [0, 0.1) is 0 Å². The van der Waals surface area contributed by atoms with Crippen molar-refractivity contribution in [2.45, 2.75) is 69.6 Å². The number of hydrogen-bond acceptors (Lipinski definition) is 7. The third kappa shape index (κ3) is 9.16. The number of fused-ring (bicyclic) bond motifs is 1. The lowest BCUT2D eigenvalue weighted by Crippen LogP contribution is -2.57. The molecule has 0 radical (unpaired) electrons. The lowest BCUT2D eigenvalue weighted by molar-refractivity contribution is -0.142. The van der Waals surface area contributed by atoms with Crippen molar-refractivity contribution in [1.82, 2.24) is 20.9 Å². The number of para-hydroxylation sites is 1. The fourth-order valence-corrected chi connectivity index (χ4v) is 3.88. The summed E-state index contributed by atoms with van der Waals surface area (Å²) in [5.41, 5.74) is 17.9. The molecule has 4 unspecified atom stereocenters. The van der Waals surface area contributed by atoms with Crippen molar-refractivity contribution >= 4 is 40.5 Å². The molecule has 0 fully saturated rings. The molecule has 4 atom stereocenters. The third-order valence-corrected chi connectivity index (χ3v) is 6.02. The molecule has 0 saturated carbocycles. The predicted octanol–water partition coefficient (Wildman–Crippen LogP) is -1.01. The summed E-state index contributed by atoms with van der Waals surface area (Å²) in [5.74, 6) is -3.98. The fourth-order valence-electron chi connectivity index (χ4n) is 3.88. The van der Waals surface area contributed by atoms with E-state index in [1.165, 1.54) is 6.92 Å². The predicted molar refractivity (Wildman–Crippen MR) is 140 cm³/mol. The second kappa shape index (κ2) is 14.7. The maximum Gasteiger partial charge on any atom is 0.326 e. The van der Waals surface area contributed by atoms with Crippen molar-refractivity contribution in [2.75, 3.05) is 6.54 Å². The van der Waals surface area contributed by atoms with E-state index in [9.17, 15) is 29.1 Å². The Morgan fingerprint density at radius 2 is 1.55 bits per heavy atom. The number of amides is 4. The van der Waals surface area contributed by atoms with Crippen LogP contribution in [0.15, 0.2) is 30.5 Å². The van der Waals surface area contributed by atoms with Crippen LogP contribution in [0.3, 0.4) is 0 Å². The van der Waals surface area contributed by atoms with E-state index in [4.69, 9.17) is 17.2 Å². The van der Waals surface area contributed by atoms with Crippen LogP contribution in [0.2, 0.25) is 0 Å².